The van der Waals surface area contributed by atoms with Crippen molar-refractivity contribution in [2.24, 2.45) is 0 Å². The van der Waals surface area contributed by atoms with Crippen molar-refractivity contribution in [2.45, 2.75) is 32.9 Å². The van der Waals surface area contributed by atoms with Crippen LogP contribution in [-0.2, 0) is 27.2 Å². The molecule has 0 bridgehead atoms. The van der Waals surface area contributed by atoms with Crippen molar-refractivity contribution < 1.29 is 23.8 Å². The molecule has 8 heteroatoms. The zero-order valence-corrected chi connectivity index (χ0v) is 19.7. The zero-order valence-electron chi connectivity index (χ0n) is 18.9. The molecule has 172 valence electrons. The molecule has 2 aromatic carbocycles. The molecule has 4 rings (SSSR count). The van der Waals surface area contributed by atoms with Gasteiger partial charge in [0.05, 0.1) is 41.7 Å². The number of hydrogen-bond donors (Lipinski definition) is 0. The molecule has 0 radical (unpaired) electrons. The second kappa shape index (κ2) is 10.1. The summed E-state index contributed by atoms with van der Waals surface area (Å²) >= 11 is 1.59. The van der Waals surface area contributed by atoms with Crippen LogP contribution in [0.15, 0.2) is 47.8 Å². The number of ether oxygens (including phenoxy) is 3. The standard InChI is InChI=1S/C25H26N2O5S/c1-4-31-25(29)18-7-5-17(6-8-18)14-27-21-13-19(9-10-22(21)32-16(2)24(27)28)20-15-33-23(26-20)11-12-30-3/h5-10,13,15-16H,4,11-12,14H2,1-3H3. The molecule has 1 aliphatic rings. The summed E-state index contributed by atoms with van der Waals surface area (Å²) in [5.41, 5.74) is 3.87. The topological polar surface area (TPSA) is 78.0 Å². The van der Waals surface area contributed by atoms with Crippen LogP contribution in [0.4, 0.5) is 5.69 Å². The highest BCUT2D eigenvalue weighted by molar-refractivity contribution is 7.09. The molecule has 0 fully saturated rings. The summed E-state index contributed by atoms with van der Waals surface area (Å²) in [6.07, 6.45) is 0.182. The van der Waals surface area contributed by atoms with Crippen molar-refractivity contribution in [1.82, 2.24) is 4.98 Å². The third-order valence-corrected chi connectivity index (χ3v) is 6.25. The number of carbonyl (C=O) groups excluding carboxylic acids is 2. The fourth-order valence-corrected chi connectivity index (χ4v) is 4.41. The van der Waals surface area contributed by atoms with E-state index >= 15 is 0 Å². The predicted molar refractivity (Wildman–Crippen MR) is 127 cm³/mol. The van der Waals surface area contributed by atoms with Gasteiger partial charge in [-0.2, -0.15) is 0 Å². The van der Waals surface area contributed by atoms with Crippen LogP contribution in [0.25, 0.3) is 11.3 Å². The smallest absolute Gasteiger partial charge is 0.338 e. The fraction of sp³-hybridized carbons (Fsp3) is 0.320. The van der Waals surface area contributed by atoms with Crippen molar-refractivity contribution in [3.8, 4) is 17.0 Å². The number of amides is 1. The maximum atomic E-state index is 13.0. The van der Waals surface area contributed by atoms with E-state index in [4.69, 9.17) is 19.2 Å². The maximum absolute atomic E-state index is 13.0. The lowest BCUT2D eigenvalue weighted by molar-refractivity contribution is -0.125. The molecule has 0 aliphatic carbocycles. The van der Waals surface area contributed by atoms with Gasteiger partial charge in [-0.3, -0.25) is 4.79 Å². The Bertz CT molecular complexity index is 1140. The normalized spacial score (nSPS) is 15.2. The molecule has 1 atom stereocenters. The van der Waals surface area contributed by atoms with Crippen LogP contribution < -0.4 is 9.64 Å². The van der Waals surface area contributed by atoms with Crippen LogP contribution in [0, 0.1) is 0 Å². The largest absolute Gasteiger partial charge is 0.479 e. The van der Waals surface area contributed by atoms with Crippen molar-refractivity contribution >= 4 is 28.9 Å². The molecule has 1 unspecified atom stereocenters. The molecular weight excluding hydrogens is 440 g/mol. The Hall–Kier alpha value is -3.23. The second-order valence-electron chi connectivity index (χ2n) is 7.65. The third-order valence-electron chi connectivity index (χ3n) is 5.34. The third kappa shape index (κ3) is 5.07. The minimum atomic E-state index is -0.581. The van der Waals surface area contributed by atoms with Gasteiger partial charge in [0.2, 0.25) is 0 Å². The van der Waals surface area contributed by atoms with E-state index in [-0.39, 0.29) is 11.9 Å². The summed E-state index contributed by atoms with van der Waals surface area (Å²) in [7, 11) is 1.68. The number of methoxy groups -OCH3 is 1. The summed E-state index contributed by atoms with van der Waals surface area (Å²) in [4.78, 5) is 31.4. The summed E-state index contributed by atoms with van der Waals surface area (Å²) in [6.45, 7) is 4.84. The van der Waals surface area contributed by atoms with Gasteiger partial charge < -0.3 is 19.1 Å². The first-order valence-electron chi connectivity index (χ1n) is 10.8. The minimum Gasteiger partial charge on any atom is -0.479 e. The van der Waals surface area contributed by atoms with Gasteiger partial charge in [-0.25, -0.2) is 9.78 Å². The number of fused-ring (bicyclic) bond motifs is 1. The van der Waals surface area contributed by atoms with Gasteiger partial charge >= 0.3 is 5.97 Å². The van der Waals surface area contributed by atoms with E-state index < -0.39 is 6.10 Å². The van der Waals surface area contributed by atoms with Crippen molar-refractivity contribution in [2.75, 3.05) is 25.2 Å². The van der Waals surface area contributed by atoms with Gasteiger partial charge in [-0.1, -0.05) is 12.1 Å². The highest BCUT2D eigenvalue weighted by Gasteiger charge is 2.32. The van der Waals surface area contributed by atoms with Gasteiger partial charge in [0.25, 0.3) is 5.91 Å². The number of nitrogens with zero attached hydrogens (tertiary/aromatic N) is 2. The fourth-order valence-electron chi connectivity index (χ4n) is 3.62. The summed E-state index contributed by atoms with van der Waals surface area (Å²) in [5, 5.41) is 3.02. The number of benzene rings is 2. The van der Waals surface area contributed by atoms with Crippen LogP contribution in [-0.4, -0.2) is 43.3 Å². The van der Waals surface area contributed by atoms with Crippen LogP contribution in [0.1, 0.15) is 34.8 Å². The van der Waals surface area contributed by atoms with Crippen molar-refractivity contribution in [1.29, 1.82) is 0 Å². The van der Waals surface area contributed by atoms with E-state index in [9.17, 15) is 9.59 Å². The van der Waals surface area contributed by atoms with Crippen LogP contribution in [0.5, 0.6) is 5.75 Å². The van der Waals surface area contributed by atoms with E-state index in [1.54, 1.807) is 49.3 Å². The molecule has 33 heavy (non-hydrogen) atoms. The van der Waals surface area contributed by atoms with E-state index in [2.05, 4.69) is 0 Å². The lowest BCUT2D eigenvalue weighted by Crippen LogP contribution is -2.44. The zero-order chi connectivity index (χ0) is 23.4. The number of thiazole rings is 1. The van der Waals surface area contributed by atoms with E-state index in [0.717, 1.165) is 28.2 Å². The van der Waals surface area contributed by atoms with Crippen LogP contribution >= 0.6 is 11.3 Å². The highest BCUT2D eigenvalue weighted by atomic mass is 32.1. The summed E-state index contributed by atoms with van der Waals surface area (Å²) in [5.74, 6) is 0.181. The van der Waals surface area contributed by atoms with Gasteiger partial charge in [0.15, 0.2) is 6.10 Å². The molecule has 0 N–H and O–H groups in total. The molecule has 1 amide bonds. The molecule has 1 aliphatic heterocycles. The molecule has 0 saturated carbocycles. The molecule has 3 aromatic rings. The van der Waals surface area contributed by atoms with Crippen molar-refractivity contribution in [3.05, 3.63) is 64.0 Å². The first-order chi connectivity index (χ1) is 16.0. The SMILES string of the molecule is CCOC(=O)c1ccc(CN2C(=O)C(C)Oc3ccc(-c4csc(CCOC)n4)cc32)cc1. The average Bonchev–Trinajstić information content (AvgIpc) is 3.30. The molecule has 0 saturated heterocycles. The Balaban J connectivity index is 1.60. The summed E-state index contributed by atoms with van der Waals surface area (Å²) in [6, 6.07) is 12.9. The van der Waals surface area contributed by atoms with E-state index in [1.165, 1.54) is 0 Å². The second-order valence-corrected chi connectivity index (χ2v) is 8.60. The number of aromatic nitrogens is 1. The van der Waals surface area contributed by atoms with Crippen molar-refractivity contribution in [3.63, 3.8) is 0 Å². The summed E-state index contributed by atoms with van der Waals surface area (Å²) < 4.78 is 16.0. The highest BCUT2D eigenvalue weighted by Crippen LogP contribution is 2.38. The molecule has 1 aromatic heterocycles. The first-order valence-corrected chi connectivity index (χ1v) is 11.7. The lowest BCUT2D eigenvalue weighted by atomic mass is 10.1. The van der Waals surface area contributed by atoms with Gasteiger partial charge in [0, 0.05) is 24.5 Å². The predicted octanol–water partition coefficient (Wildman–Crippen LogP) is 4.49. The Morgan fingerprint density at radius 3 is 2.73 bits per heavy atom. The van der Waals surface area contributed by atoms with Gasteiger partial charge in [0.1, 0.15) is 5.75 Å². The van der Waals surface area contributed by atoms with Gasteiger partial charge in [-0.05, 0) is 49.7 Å². The Kier molecular flexibility index (Phi) is 7.05. The Morgan fingerprint density at radius 1 is 1.21 bits per heavy atom. The number of hydrogen-bond acceptors (Lipinski definition) is 7. The van der Waals surface area contributed by atoms with E-state index in [1.807, 2.05) is 35.7 Å². The van der Waals surface area contributed by atoms with Crippen LogP contribution in [0.2, 0.25) is 0 Å². The molecular formula is C25H26N2O5S. The number of esters is 1. The number of rotatable bonds is 8. The van der Waals surface area contributed by atoms with Gasteiger partial charge in [-0.15, -0.1) is 11.3 Å². The molecule has 2 heterocycles. The average molecular weight is 467 g/mol. The Labute approximate surface area is 196 Å². The quantitative estimate of drug-likeness (QED) is 0.455. The molecule has 7 nitrogen and oxygen atoms in total. The monoisotopic (exact) mass is 466 g/mol. The molecule has 0 spiro atoms. The van der Waals surface area contributed by atoms with E-state index in [0.29, 0.717) is 36.8 Å². The maximum Gasteiger partial charge on any atom is 0.338 e. The first kappa shape index (κ1) is 22.9. The lowest BCUT2D eigenvalue weighted by Gasteiger charge is -2.33. The minimum absolute atomic E-state index is 0.117. The number of anilines is 1. The van der Waals surface area contributed by atoms with Crippen LogP contribution in [0.3, 0.4) is 0 Å². The Morgan fingerprint density at radius 2 is 2.00 bits per heavy atom. The number of carbonyl (C=O) groups is 2.